The Morgan fingerprint density at radius 1 is 1.06 bits per heavy atom. The lowest BCUT2D eigenvalue weighted by Crippen LogP contribution is -2.32. The van der Waals surface area contributed by atoms with Gasteiger partial charge in [0.2, 0.25) is 5.91 Å². The number of benzene rings is 3. The van der Waals surface area contributed by atoms with Crippen molar-refractivity contribution in [3.63, 3.8) is 0 Å². The molecule has 0 spiro atoms. The zero-order chi connectivity index (χ0) is 23.9. The third kappa shape index (κ3) is 6.08. The number of thiocarbonyl (C=S) groups is 1. The van der Waals surface area contributed by atoms with E-state index in [0.29, 0.717) is 12.3 Å². The van der Waals surface area contributed by atoms with Gasteiger partial charge >= 0.3 is 0 Å². The van der Waals surface area contributed by atoms with E-state index in [4.69, 9.17) is 21.4 Å². The maximum Gasteiger partial charge on any atom is 0.250 e. The number of amides is 1. The zero-order valence-electron chi connectivity index (χ0n) is 19.0. The second kappa shape index (κ2) is 10.8. The summed E-state index contributed by atoms with van der Waals surface area (Å²) in [6.45, 7) is 2.12. The summed E-state index contributed by atoms with van der Waals surface area (Å²) in [5, 5.41) is 5.89. The molecule has 0 unspecified atom stereocenters. The van der Waals surface area contributed by atoms with Crippen molar-refractivity contribution < 1.29 is 13.9 Å². The maximum absolute atomic E-state index is 12.1. The van der Waals surface area contributed by atoms with Gasteiger partial charge in [0.05, 0.1) is 7.11 Å². The Labute approximate surface area is 203 Å². The molecule has 34 heavy (non-hydrogen) atoms. The zero-order valence-corrected chi connectivity index (χ0v) is 19.8. The number of carbonyl (C=O) groups is 1. The van der Waals surface area contributed by atoms with Crippen LogP contribution in [0.4, 0.5) is 5.69 Å². The van der Waals surface area contributed by atoms with E-state index in [0.717, 1.165) is 40.1 Å². The van der Waals surface area contributed by atoms with Crippen LogP contribution in [0, 0.1) is 0 Å². The third-order valence-corrected chi connectivity index (χ3v) is 5.46. The number of fused-ring (bicyclic) bond motifs is 1. The van der Waals surface area contributed by atoms with Crippen molar-refractivity contribution in [2.75, 3.05) is 12.4 Å². The molecule has 0 saturated heterocycles. The SMILES string of the molecule is CCc1ccc2oc(Cc3ccc(NC(=S)NC(=O)/C=C/c4ccc(OC)cc4)cc3)nc2c1. The van der Waals surface area contributed by atoms with Crippen LogP contribution in [0.25, 0.3) is 17.2 Å². The molecule has 0 aliphatic carbocycles. The van der Waals surface area contributed by atoms with Crippen LogP contribution in [-0.2, 0) is 17.6 Å². The maximum atomic E-state index is 12.1. The van der Waals surface area contributed by atoms with Gasteiger partial charge in [0.25, 0.3) is 0 Å². The lowest BCUT2D eigenvalue weighted by Gasteiger charge is -2.08. The summed E-state index contributed by atoms with van der Waals surface area (Å²) in [5.41, 5.74) is 5.64. The van der Waals surface area contributed by atoms with E-state index in [1.165, 1.54) is 11.6 Å². The largest absolute Gasteiger partial charge is 0.497 e. The Kier molecular flexibility index (Phi) is 7.34. The first-order chi connectivity index (χ1) is 16.5. The first-order valence-electron chi connectivity index (χ1n) is 10.9. The van der Waals surface area contributed by atoms with E-state index in [9.17, 15) is 4.79 Å². The number of nitrogens with zero attached hydrogens (tertiary/aromatic N) is 1. The molecule has 1 aromatic heterocycles. The number of rotatable bonds is 7. The second-order valence-corrected chi connectivity index (χ2v) is 8.10. The summed E-state index contributed by atoms with van der Waals surface area (Å²) in [6, 6.07) is 21.3. The van der Waals surface area contributed by atoms with Gasteiger partial charge in [-0.1, -0.05) is 37.3 Å². The predicted octanol–water partition coefficient (Wildman–Crippen LogP) is 5.52. The van der Waals surface area contributed by atoms with Gasteiger partial charge in [-0.25, -0.2) is 4.98 Å². The van der Waals surface area contributed by atoms with Crippen LogP contribution in [-0.4, -0.2) is 23.1 Å². The van der Waals surface area contributed by atoms with Crippen LogP contribution < -0.4 is 15.4 Å². The van der Waals surface area contributed by atoms with Gasteiger partial charge in [-0.05, 0) is 77.8 Å². The molecule has 0 radical (unpaired) electrons. The topological polar surface area (TPSA) is 76.4 Å². The van der Waals surface area contributed by atoms with Crippen molar-refractivity contribution in [3.8, 4) is 5.75 Å². The summed E-state index contributed by atoms with van der Waals surface area (Å²) in [4.78, 5) is 16.7. The van der Waals surface area contributed by atoms with E-state index < -0.39 is 0 Å². The van der Waals surface area contributed by atoms with Crippen LogP contribution in [0.5, 0.6) is 5.75 Å². The lowest BCUT2D eigenvalue weighted by molar-refractivity contribution is -0.115. The number of anilines is 1. The van der Waals surface area contributed by atoms with Crippen LogP contribution in [0.2, 0.25) is 0 Å². The van der Waals surface area contributed by atoms with Crippen molar-refractivity contribution in [2.24, 2.45) is 0 Å². The number of aryl methyl sites for hydroxylation is 1. The molecule has 0 aliphatic rings. The molecule has 4 aromatic rings. The fraction of sp³-hybridized carbons (Fsp3) is 0.148. The number of aromatic nitrogens is 1. The normalized spacial score (nSPS) is 11.0. The highest BCUT2D eigenvalue weighted by Crippen LogP contribution is 2.20. The van der Waals surface area contributed by atoms with Crippen molar-refractivity contribution in [3.05, 3.63) is 95.4 Å². The van der Waals surface area contributed by atoms with E-state index in [-0.39, 0.29) is 11.0 Å². The molecule has 0 fully saturated rings. The van der Waals surface area contributed by atoms with Crippen LogP contribution in [0.15, 0.2) is 77.2 Å². The van der Waals surface area contributed by atoms with Crippen LogP contribution in [0.3, 0.4) is 0 Å². The standard InChI is InChI=1S/C27H25N3O3S/c1-3-18-8-14-24-23(16-18)29-26(33-24)17-20-4-10-21(11-5-20)28-27(34)30-25(31)15-9-19-6-12-22(32-2)13-7-19/h4-16H,3,17H2,1-2H3,(H2,28,30,31,34)/b15-9+. The molecule has 0 atom stereocenters. The minimum atomic E-state index is -0.313. The van der Waals surface area contributed by atoms with Crippen molar-refractivity contribution in [1.29, 1.82) is 0 Å². The Balaban J connectivity index is 1.30. The molecule has 1 heterocycles. The molecule has 3 aromatic carbocycles. The number of methoxy groups -OCH3 is 1. The van der Waals surface area contributed by atoms with Gasteiger partial charge in [0.15, 0.2) is 16.6 Å². The lowest BCUT2D eigenvalue weighted by atomic mass is 10.1. The monoisotopic (exact) mass is 471 g/mol. The number of oxazole rings is 1. The highest BCUT2D eigenvalue weighted by molar-refractivity contribution is 7.80. The van der Waals surface area contributed by atoms with E-state index >= 15 is 0 Å². The van der Waals surface area contributed by atoms with Gasteiger partial charge in [-0.3, -0.25) is 10.1 Å². The van der Waals surface area contributed by atoms with Crippen LogP contribution >= 0.6 is 12.2 Å². The minimum absolute atomic E-state index is 0.225. The minimum Gasteiger partial charge on any atom is -0.497 e. The molecule has 7 heteroatoms. The Morgan fingerprint density at radius 2 is 1.79 bits per heavy atom. The molecule has 6 nitrogen and oxygen atoms in total. The fourth-order valence-corrected chi connectivity index (χ4v) is 3.62. The average Bonchev–Trinajstić information content (AvgIpc) is 3.25. The first kappa shape index (κ1) is 23.2. The summed E-state index contributed by atoms with van der Waals surface area (Å²) < 4.78 is 11.0. The molecule has 2 N–H and O–H groups in total. The first-order valence-corrected chi connectivity index (χ1v) is 11.3. The van der Waals surface area contributed by atoms with E-state index in [1.54, 1.807) is 13.2 Å². The number of hydrogen-bond donors (Lipinski definition) is 2. The molecule has 0 saturated carbocycles. The Morgan fingerprint density at radius 3 is 2.50 bits per heavy atom. The smallest absolute Gasteiger partial charge is 0.250 e. The van der Waals surface area contributed by atoms with Gasteiger partial charge < -0.3 is 14.5 Å². The number of nitrogens with one attached hydrogen (secondary N) is 2. The van der Waals surface area contributed by atoms with E-state index in [1.807, 2.05) is 54.6 Å². The van der Waals surface area contributed by atoms with Crippen molar-refractivity contribution in [2.45, 2.75) is 19.8 Å². The average molecular weight is 472 g/mol. The highest BCUT2D eigenvalue weighted by Gasteiger charge is 2.08. The molecule has 4 rings (SSSR count). The fourth-order valence-electron chi connectivity index (χ4n) is 3.40. The summed E-state index contributed by atoms with van der Waals surface area (Å²) in [6.07, 6.45) is 4.70. The molecule has 0 aliphatic heterocycles. The third-order valence-electron chi connectivity index (χ3n) is 5.25. The van der Waals surface area contributed by atoms with Crippen molar-refractivity contribution in [1.82, 2.24) is 10.3 Å². The quantitative estimate of drug-likeness (QED) is 0.273. The number of hydrogen-bond acceptors (Lipinski definition) is 5. The summed E-state index contributed by atoms with van der Waals surface area (Å²) >= 11 is 5.25. The molecule has 1 amide bonds. The van der Waals surface area contributed by atoms with Gasteiger partial charge in [0, 0.05) is 18.2 Å². The Hall–Kier alpha value is -3.97. The van der Waals surface area contributed by atoms with Crippen molar-refractivity contribution >= 4 is 46.1 Å². The second-order valence-electron chi connectivity index (χ2n) is 7.69. The Bertz CT molecular complexity index is 1330. The number of ether oxygens (including phenoxy) is 1. The molecule has 172 valence electrons. The van der Waals surface area contributed by atoms with Gasteiger partial charge in [0.1, 0.15) is 11.3 Å². The van der Waals surface area contributed by atoms with E-state index in [2.05, 4.69) is 34.7 Å². The summed E-state index contributed by atoms with van der Waals surface area (Å²) in [5.74, 6) is 1.12. The molecular formula is C27H25N3O3S. The number of carbonyl (C=O) groups excluding carboxylic acids is 1. The summed E-state index contributed by atoms with van der Waals surface area (Å²) in [7, 11) is 1.61. The highest BCUT2D eigenvalue weighted by atomic mass is 32.1. The van der Waals surface area contributed by atoms with Gasteiger partial charge in [-0.15, -0.1) is 0 Å². The molecule has 0 bridgehead atoms. The van der Waals surface area contributed by atoms with Crippen LogP contribution in [0.1, 0.15) is 29.5 Å². The predicted molar refractivity (Wildman–Crippen MR) is 139 cm³/mol. The van der Waals surface area contributed by atoms with Gasteiger partial charge in [-0.2, -0.15) is 0 Å². The molecular weight excluding hydrogens is 446 g/mol.